The third kappa shape index (κ3) is 4.82. The van der Waals surface area contributed by atoms with Crippen LogP contribution in [0.15, 0.2) is 84.9 Å². The van der Waals surface area contributed by atoms with Crippen LogP contribution < -0.4 is 0 Å². The van der Waals surface area contributed by atoms with E-state index in [1.165, 1.54) is 111 Å². The molecule has 0 saturated heterocycles. The summed E-state index contributed by atoms with van der Waals surface area (Å²) in [7, 11) is 0. The van der Waals surface area contributed by atoms with E-state index in [1.807, 2.05) is 34.0 Å². The molecule has 194 valence electrons. The highest BCUT2D eigenvalue weighted by Crippen LogP contribution is 2.44. The first-order valence-corrected chi connectivity index (χ1v) is 16.7. The van der Waals surface area contributed by atoms with Crippen molar-refractivity contribution < 1.29 is 0 Å². The van der Waals surface area contributed by atoms with Gasteiger partial charge in [0.25, 0.3) is 0 Å². The SMILES string of the molecule is CCCCc1ccc(-c2cc3cc4c(cc3s2)sc2cc3sc(-c5ccc(CCCC)cc5)cc3cc24)cc1. The summed E-state index contributed by atoms with van der Waals surface area (Å²) < 4.78 is 5.54. The molecule has 0 aliphatic carbocycles. The van der Waals surface area contributed by atoms with Gasteiger partial charge in [-0.1, -0.05) is 75.2 Å². The van der Waals surface area contributed by atoms with E-state index in [2.05, 4.69) is 98.8 Å². The molecule has 3 heterocycles. The van der Waals surface area contributed by atoms with Crippen molar-refractivity contribution in [3.63, 3.8) is 0 Å². The summed E-state index contributed by atoms with van der Waals surface area (Å²) >= 11 is 5.77. The summed E-state index contributed by atoms with van der Waals surface area (Å²) in [6.45, 7) is 4.52. The van der Waals surface area contributed by atoms with Gasteiger partial charge in [0, 0.05) is 39.3 Å². The molecule has 0 spiro atoms. The van der Waals surface area contributed by atoms with Crippen molar-refractivity contribution >= 4 is 74.4 Å². The second-order valence-corrected chi connectivity index (χ2v) is 13.9. The molecule has 0 unspecified atom stereocenters. The van der Waals surface area contributed by atoms with E-state index in [0.717, 1.165) is 0 Å². The van der Waals surface area contributed by atoms with Crippen LogP contribution in [0.2, 0.25) is 0 Å². The van der Waals surface area contributed by atoms with Gasteiger partial charge in [-0.15, -0.1) is 34.0 Å². The van der Waals surface area contributed by atoms with E-state index in [9.17, 15) is 0 Å². The highest BCUT2D eigenvalue weighted by Gasteiger charge is 2.13. The van der Waals surface area contributed by atoms with Gasteiger partial charge in [0.2, 0.25) is 0 Å². The first kappa shape index (κ1) is 25.0. The van der Waals surface area contributed by atoms with Gasteiger partial charge in [0.1, 0.15) is 0 Å². The van der Waals surface area contributed by atoms with Gasteiger partial charge in [-0.2, -0.15) is 0 Å². The Hall–Kier alpha value is -2.98. The van der Waals surface area contributed by atoms with Crippen LogP contribution >= 0.6 is 34.0 Å². The fourth-order valence-electron chi connectivity index (χ4n) is 5.56. The second-order valence-electron chi connectivity index (χ2n) is 10.7. The van der Waals surface area contributed by atoms with Crippen LogP contribution in [0.1, 0.15) is 50.7 Å². The topological polar surface area (TPSA) is 0 Å². The number of hydrogen-bond acceptors (Lipinski definition) is 3. The van der Waals surface area contributed by atoms with Gasteiger partial charge in [-0.05, 0) is 95.1 Å². The zero-order valence-corrected chi connectivity index (χ0v) is 25.0. The fraction of sp³-hybridized carbons (Fsp3) is 0.222. The Bertz CT molecular complexity index is 1770. The summed E-state index contributed by atoms with van der Waals surface area (Å²) in [6, 6.07) is 32.9. The molecule has 39 heavy (non-hydrogen) atoms. The zero-order valence-electron chi connectivity index (χ0n) is 22.6. The molecule has 0 amide bonds. The molecule has 3 aromatic heterocycles. The molecule has 0 saturated carbocycles. The lowest BCUT2D eigenvalue weighted by molar-refractivity contribution is 0.795. The molecule has 0 radical (unpaired) electrons. The summed E-state index contributed by atoms with van der Waals surface area (Å²) in [4.78, 5) is 2.72. The molecule has 4 aromatic carbocycles. The number of unbranched alkanes of at least 4 members (excludes halogenated alkanes) is 2. The van der Waals surface area contributed by atoms with Gasteiger partial charge in [-0.25, -0.2) is 0 Å². The number of fused-ring (bicyclic) bond motifs is 5. The second kappa shape index (κ2) is 10.5. The summed E-state index contributed by atoms with van der Waals surface area (Å²) in [5, 5.41) is 5.48. The van der Waals surface area contributed by atoms with Crippen LogP contribution in [-0.4, -0.2) is 0 Å². The Morgan fingerprint density at radius 1 is 0.462 bits per heavy atom. The molecule has 0 aliphatic rings. The number of benzene rings is 4. The van der Waals surface area contributed by atoms with Gasteiger partial charge < -0.3 is 0 Å². The van der Waals surface area contributed by atoms with Crippen LogP contribution in [0.3, 0.4) is 0 Å². The molecular weight excluding hydrogens is 529 g/mol. The van der Waals surface area contributed by atoms with Crippen LogP contribution in [-0.2, 0) is 12.8 Å². The van der Waals surface area contributed by atoms with E-state index >= 15 is 0 Å². The third-order valence-corrected chi connectivity index (χ3v) is 11.3. The Morgan fingerprint density at radius 2 is 0.897 bits per heavy atom. The normalized spacial score (nSPS) is 11.9. The molecule has 0 N–H and O–H groups in total. The van der Waals surface area contributed by atoms with E-state index < -0.39 is 0 Å². The minimum Gasteiger partial charge on any atom is -0.135 e. The largest absolute Gasteiger partial charge is 0.135 e. The fourth-order valence-corrected chi connectivity index (χ4v) is 9.04. The Balaban J connectivity index is 1.23. The van der Waals surface area contributed by atoms with E-state index in [4.69, 9.17) is 0 Å². The number of hydrogen-bond donors (Lipinski definition) is 0. The smallest absolute Gasteiger partial charge is 0.0369 e. The van der Waals surface area contributed by atoms with Crippen molar-refractivity contribution in [3.05, 3.63) is 96.1 Å². The molecule has 0 nitrogen and oxygen atoms in total. The van der Waals surface area contributed by atoms with Gasteiger partial charge >= 0.3 is 0 Å². The van der Waals surface area contributed by atoms with Gasteiger partial charge in [-0.3, -0.25) is 0 Å². The number of rotatable bonds is 8. The maximum Gasteiger partial charge on any atom is 0.0369 e. The highest BCUT2D eigenvalue weighted by molar-refractivity contribution is 7.27. The molecule has 0 fully saturated rings. The average Bonchev–Trinajstić information content (AvgIpc) is 3.67. The first-order chi connectivity index (χ1) is 19.2. The lowest BCUT2D eigenvalue weighted by Gasteiger charge is -2.01. The Morgan fingerprint density at radius 3 is 1.31 bits per heavy atom. The standard InChI is InChI=1S/C36H32S3/c1-3-5-7-23-9-13-25(14-10-23)31-19-27-17-29-30-18-28-20-32(26-15-11-24(12-16-26)8-6-4-2)38-34(28)22-36(30)39-35(29)21-33(27)37-31/h9-22H,3-8H2,1-2H3. The van der Waals surface area contributed by atoms with E-state index in [0.29, 0.717) is 0 Å². The van der Waals surface area contributed by atoms with Crippen molar-refractivity contribution in [1.82, 2.24) is 0 Å². The van der Waals surface area contributed by atoms with E-state index in [-0.39, 0.29) is 0 Å². The Labute approximate surface area is 242 Å². The third-order valence-electron chi connectivity index (χ3n) is 7.86. The Kier molecular flexibility index (Phi) is 6.76. The minimum atomic E-state index is 1.18. The molecular formula is C36H32S3. The molecule has 0 atom stereocenters. The highest BCUT2D eigenvalue weighted by atomic mass is 32.1. The lowest BCUT2D eigenvalue weighted by Crippen LogP contribution is -1.83. The molecule has 3 heteroatoms. The molecule has 7 aromatic rings. The molecule has 0 aliphatic heterocycles. The van der Waals surface area contributed by atoms with Crippen molar-refractivity contribution in [2.24, 2.45) is 0 Å². The zero-order chi connectivity index (χ0) is 26.3. The predicted molar refractivity (Wildman–Crippen MR) is 178 cm³/mol. The van der Waals surface area contributed by atoms with Crippen LogP contribution in [0.4, 0.5) is 0 Å². The average molecular weight is 561 g/mol. The lowest BCUT2D eigenvalue weighted by atomic mass is 10.0. The first-order valence-electron chi connectivity index (χ1n) is 14.2. The molecule has 7 rings (SSSR count). The molecule has 0 bridgehead atoms. The number of aryl methyl sites for hydroxylation is 2. The van der Waals surface area contributed by atoms with Crippen molar-refractivity contribution in [2.75, 3.05) is 0 Å². The van der Waals surface area contributed by atoms with Crippen LogP contribution in [0.5, 0.6) is 0 Å². The van der Waals surface area contributed by atoms with Gasteiger partial charge in [0.05, 0.1) is 0 Å². The van der Waals surface area contributed by atoms with Gasteiger partial charge in [0.15, 0.2) is 0 Å². The van der Waals surface area contributed by atoms with Crippen molar-refractivity contribution in [3.8, 4) is 20.9 Å². The number of thiophene rings is 3. The van der Waals surface area contributed by atoms with Crippen LogP contribution in [0.25, 0.3) is 61.2 Å². The summed E-state index contributed by atoms with van der Waals surface area (Å²) in [6.07, 6.45) is 7.37. The van der Waals surface area contributed by atoms with Crippen molar-refractivity contribution in [1.29, 1.82) is 0 Å². The maximum atomic E-state index is 2.42. The predicted octanol–water partition coefficient (Wildman–Crippen LogP) is 12.5. The summed E-state index contributed by atoms with van der Waals surface area (Å²) in [5.74, 6) is 0. The quantitative estimate of drug-likeness (QED) is 0.173. The minimum absolute atomic E-state index is 1.18. The van der Waals surface area contributed by atoms with E-state index in [1.54, 1.807) is 0 Å². The monoisotopic (exact) mass is 560 g/mol. The van der Waals surface area contributed by atoms with Crippen LogP contribution in [0, 0.1) is 0 Å². The van der Waals surface area contributed by atoms with Crippen molar-refractivity contribution in [2.45, 2.75) is 52.4 Å². The maximum absolute atomic E-state index is 2.42. The summed E-state index contributed by atoms with van der Waals surface area (Å²) in [5.41, 5.74) is 5.55.